The van der Waals surface area contributed by atoms with Crippen LogP contribution in [0.3, 0.4) is 0 Å². The van der Waals surface area contributed by atoms with E-state index >= 15 is 0 Å². The summed E-state index contributed by atoms with van der Waals surface area (Å²) in [5.41, 5.74) is 1.32. The summed E-state index contributed by atoms with van der Waals surface area (Å²) in [4.78, 5) is 0.360. The Morgan fingerprint density at radius 3 is 2.71 bits per heavy atom. The van der Waals surface area contributed by atoms with Crippen molar-refractivity contribution in [2.75, 3.05) is 11.5 Å². The van der Waals surface area contributed by atoms with Crippen LogP contribution >= 0.6 is 11.8 Å². The zero-order valence-electron chi connectivity index (χ0n) is 13.2. The van der Waals surface area contributed by atoms with Gasteiger partial charge < -0.3 is 0 Å². The average molecular weight is 332 g/mol. The van der Waals surface area contributed by atoms with E-state index in [0.717, 1.165) is 36.6 Å². The molecule has 120 valence electrons. The van der Waals surface area contributed by atoms with Crippen molar-refractivity contribution in [3.05, 3.63) is 11.4 Å². The van der Waals surface area contributed by atoms with Crippen molar-refractivity contribution in [3.8, 4) is 0 Å². The van der Waals surface area contributed by atoms with E-state index in [1.54, 1.807) is 6.92 Å². The quantitative estimate of drug-likeness (QED) is 0.899. The highest BCUT2D eigenvalue weighted by molar-refractivity contribution is 7.99. The van der Waals surface area contributed by atoms with Gasteiger partial charge in [0.25, 0.3) is 0 Å². The summed E-state index contributed by atoms with van der Waals surface area (Å²) in [6.45, 7) is 8.55. The summed E-state index contributed by atoms with van der Waals surface area (Å²) >= 11 is 1.81. The Bertz CT molecular complexity index is 588. The summed E-state index contributed by atoms with van der Waals surface area (Å²) in [7, 11) is -3.48. The second-order valence-corrected chi connectivity index (χ2v) is 8.91. The van der Waals surface area contributed by atoms with Gasteiger partial charge in [0.1, 0.15) is 4.90 Å². The van der Waals surface area contributed by atoms with Crippen LogP contribution in [0.1, 0.15) is 38.1 Å². The lowest BCUT2D eigenvalue weighted by atomic mass is 10.2. The van der Waals surface area contributed by atoms with E-state index in [4.69, 9.17) is 0 Å². The standard InChI is InChI=1S/C14H25N3O2S2/c1-10(2)8-17-12(4)14(11(3)15-17)21(18,19)16-13-6-5-7-20-9-13/h10,13,16H,5-9H2,1-4H3/t13-/m1/s1. The summed E-state index contributed by atoms with van der Waals surface area (Å²) in [5.74, 6) is 2.42. The first-order valence-electron chi connectivity index (χ1n) is 7.45. The topological polar surface area (TPSA) is 64.0 Å². The molecule has 0 spiro atoms. The molecule has 1 aromatic rings. The second-order valence-electron chi connectivity index (χ2n) is 6.11. The van der Waals surface area contributed by atoms with Crippen LogP contribution in [0.25, 0.3) is 0 Å². The number of nitrogens with zero attached hydrogens (tertiary/aromatic N) is 2. The molecule has 1 N–H and O–H groups in total. The molecule has 1 atom stereocenters. The first-order valence-corrected chi connectivity index (χ1v) is 10.1. The van der Waals surface area contributed by atoms with Crippen molar-refractivity contribution in [2.45, 2.75) is 58.0 Å². The molecule has 0 bridgehead atoms. The average Bonchev–Trinajstić information content (AvgIpc) is 2.64. The number of aryl methyl sites for hydroxylation is 1. The van der Waals surface area contributed by atoms with Crippen molar-refractivity contribution < 1.29 is 8.42 Å². The minimum atomic E-state index is -3.48. The number of hydrogen-bond acceptors (Lipinski definition) is 4. The normalized spacial score (nSPS) is 20.1. The molecule has 2 rings (SSSR count). The third-order valence-electron chi connectivity index (χ3n) is 3.60. The molecule has 1 fully saturated rings. The Hall–Kier alpha value is -0.530. The molecule has 0 amide bonds. The highest BCUT2D eigenvalue weighted by Crippen LogP contribution is 2.23. The molecular formula is C14H25N3O2S2. The van der Waals surface area contributed by atoms with Gasteiger partial charge in [-0.25, -0.2) is 13.1 Å². The van der Waals surface area contributed by atoms with Crippen LogP contribution in [-0.4, -0.2) is 35.7 Å². The van der Waals surface area contributed by atoms with Crippen LogP contribution < -0.4 is 4.72 Å². The van der Waals surface area contributed by atoms with Gasteiger partial charge in [-0.05, 0) is 38.4 Å². The maximum absolute atomic E-state index is 12.7. The minimum absolute atomic E-state index is 0.0426. The minimum Gasteiger partial charge on any atom is -0.268 e. The predicted octanol–water partition coefficient (Wildman–Crippen LogP) is 2.33. The Kier molecular flexibility index (Phi) is 5.38. The first kappa shape index (κ1) is 16.8. The lowest BCUT2D eigenvalue weighted by molar-refractivity contribution is 0.471. The van der Waals surface area contributed by atoms with Gasteiger partial charge in [0.15, 0.2) is 0 Å². The Labute approximate surface area is 131 Å². The molecule has 1 saturated heterocycles. The van der Waals surface area contributed by atoms with Gasteiger partial charge in [-0.2, -0.15) is 16.9 Å². The summed E-state index contributed by atoms with van der Waals surface area (Å²) in [6, 6.07) is 0.0426. The van der Waals surface area contributed by atoms with Gasteiger partial charge in [-0.15, -0.1) is 0 Å². The lowest BCUT2D eigenvalue weighted by Gasteiger charge is -2.22. The molecule has 0 aromatic carbocycles. The summed E-state index contributed by atoms with van der Waals surface area (Å²) in [6.07, 6.45) is 1.99. The monoisotopic (exact) mass is 331 g/mol. The molecule has 1 aromatic heterocycles. The molecule has 0 unspecified atom stereocenters. The highest BCUT2D eigenvalue weighted by Gasteiger charge is 2.28. The molecule has 1 aliphatic rings. The van der Waals surface area contributed by atoms with Gasteiger partial charge in [-0.1, -0.05) is 13.8 Å². The number of hydrogen-bond donors (Lipinski definition) is 1. The maximum Gasteiger partial charge on any atom is 0.244 e. The van der Waals surface area contributed by atoms with Crippen LogP contribution in [-0.2, 0) is 16.6 Å². The van der Waals surface area contributed by atoms with Gasteiger partial charge in [0.05, 0.1) is 11.4 Å². The molecule has 1 aliphatic heterocycles. The largest absolute Gasteiger partial charge is 0.268 e. The van der Waals surface area contributed by atoms with E-state index in [1.165, 1.54) is 0 Å². The van der Waals surface area contributed by atoms with Crippen LogP contribution in [0.4, 0.5) is 0 Å². The lowest BCUT2D eigenvalue weighted by Crippen LogP contribution is -2.38. The Morgan fingerprint density at radius 2 is 2.14 bits per heavy atom. The number of thioether (sulfide) groups is 1. The zero-order chi connectivity index (χ0) is 15.6. The molecule has 7 heteroatoms. The van der Waals surface area contributed by atoms with Gasteiger partial charge in [-0.3, -0.25) is 4.68 Å². The molecule has 5 nitrogen and oxygen atoms in total. The summed E-state index contributed by atoms with van der Waals surface area (Å²) in [5, 5.41) is 4.40. The van der Waals surface area contributed by atoms with Crippen molar-refractivity contribution in [2.24, 2.45) is 5.92 Å². The molecule has 0 saturated carbocycles. The molecule has 21 heavy (non-hydrogen) atoms. The smallest absolute Gasteiger partial charge is 0.244 e. The number of sulfonamides is 1. The Balaban J connectivity index is 2.24. The van der Waals surface area contributed by atoms with E-state index in [9.17, 15) is 8.42 Å². The van der Waals surface area contributed by atoms with Crippen molar-refractivity contribution in [1.29, 1.82) is 0 Å². The third-order valence-corrected chi connectivity index (χ3v) is 6.59. The predicted molar refractivity (Wildman–Crippen MR) is 87.2 cm³/mol. The zero-order valence-corrected chi connectivity index (χ0v) is 14.9. The van der Waals surface area contributed by atoms with Gasteiger partial charge in [0.2, 0.25) is 10.0 Å². The molecule has 0 aliphatic carbocycles. The number of aromatic nitrogens is 2. The van der Waals surface area contributed by atoms with Crippen LogP contribution in [0.5, 0.6) is 0 Å². The number of nitrogens with one attached hydrogen (secondary N) is 1. The van der Waals surface area contributed by atoms with Crippen LogP contribution in [0.15, 0.2) is 4.90 Å². The van der Waals surface area contributed by atoms with E-state index < -0.39 is 10.0 Å². The van der Waals surface area contributed by atoms with E-state index in [2.05, 4.69) is 23.7 Å². The fourth-order valence-corrected chi connectivity index (χ4v) is 5.56. The van der Waals surface area contributed by atoms with Gasteiger partial charge >= 0.3 is 0 Å². The fraction of sp³-hybridized carbons (Fsp3) is 0.786. The Morgan fingerprint density at radius 1 is 1.43 bits per heavy atom. The van der Waals surface area contributed by atoms with Crippen LogP contribution in [0, 0.1) is 19.8 Å². The van der Waals surface area contributed by atoms with E-state index in [0.29, 0.717) is 16.5 Å². The summed E-state index contributed by atoms with van der Waals surface area (Å²) < 4.78 is 30.0. The van der Waals surface area contributed by atoms with E-state index in [1.807, 2.05) is 23.4 Å². The van der Waals surface area contributed by atoms with Gasteiger partial charge in [0, 0.05) is 18.3 Å². The van der Waals surface area contributed by atoms with Crippen molar-refractivity contribution >= 4 is 21.8 Å². The first-order chi connectivity index (χ1) is 9.81. The maximum atomic E-state index is 12.7. The SMILES string of the molecule is Cc1nn(CC(C)C)c(C)c1S(=O)(=O)N[C@@H]1CCCSC1. The van der Waals surface area contributed by atoms with E-state index in [-0.39, 0.29) is 6.04 Å². The third kappa shape index (κ3) is 4.02. The highest BCUT2D eigenvalue weighted by atomic mass is 32.2. The second kappa shape index (κ2) is 6.71. The molecule has 0 radical (unpaired) electrons. The van der Waals surface area contributed by atoms with Crippen molar-refractivity contribution in [1.82, 2.24) is 14.5 Å². The molecule has 2 heterocycles. The molecular weight excluding hydrogens is 306 g/mol. The fourth-order valence-electron chi connectivity index (χ4n) is 2.71. The number of rotatable bonds is 5. The van der Waals surface area contributed by atoms with Crippen molar-refractivity contribution in [3.63, 3.8) is 0 Å². The van der Waals surface area contributed by atoms with Crippen LogP contribution in [0.2, 0.25) is 0 Å².